The molecule has 1 rings (SSSR count). The standard InChI is InChI=1S/C60H114O6S.Cs/c1-4-7-10-13-16-19-22-25-28-31-34-37-40-43-46-49-52-64-58-55-57(67(61,62)63)56-59(65-53-50-47-44-41-38-35-32-29-26-23-20-17-14-11-8-5-2)60(58)66-54-51-48-45-42-39-36-33-30-27-24-21-18-15-12-9-6-3;/h55-56H,4-54H2,1-3H3,(H,61,62,63);/q;+1/p-1. The molecular weight excluding hydrogens is 982 g/mol. The van der Waals surface area contributed by atoms with Gasteiger partial charge in [-0.05, 0) is 19.3 Å². The summed E-state index contributed by atoms with van der Waals surface area (Å²) in [6.07, 6.45) is 62.7. The Morgan fingerprint density at radius 3 is 0.676 bits per heavy atom. The van der Waals surface area contributed by atoms with Crippen LogP contribution in [0.4, 0.5) is 0 Å². The summed E-state index contributed by atoms with van der Waals surface area (Å²) in [5, 5.41) is 0. The number of hydrogen-bond donors (Lipinski definition) is 0. The second-order valence-electron chi connectivity index (χ2n) is 20.7. The number of hydrogen-bond acceptors (Lipinski definition) is 6. The Hall–Kier alpha value is 0.582. The average Bonchev–Trinajstić information content (AvgIpc) is 3.32. The van der Waals surface area contributed by atoms with E-state index in [4.69, 9.17) is 14.2 Å². The van der Waals surface area contributed by atoms with Gasteiger partial charge in [0.2, 0.25) is 5.75 Å². The molecular formula is C60H113CsO6S. The van der Waals surface area contributed by atoms with Crippen LogP contribution in [-0.4, -0.2) is 32.8 Å². The zero-order chi connectivity index (χ0) is 48.4. The molecule has 0 unspecified atom stereocenters. The first kappa shape index (κ1) is 68.6. The normalized spacial score (nSPS) is 11.6. The van der Waals surface area contributed by atoms with E-state index in [1.807, 2.05) is 0 Å². The van der Waals surface area contributed by atoms with Gasteiger partial charge in [0.15, 0.2) is 11.5 Å². The van der Waals surface area contributed by atoms with Gasteiger partial charge in [-0.15, -0.1) is 0 Å². The van der Waals surface area contributed by atoms with Crippen LogP contribution in [0.15, 0.2) is 17.0 Å². The summed E-state index contributed by atoms with van der Waals surface area (Å²) in [5.74, 6) is 1.08. The van der Waals surface area contributed by atoms with Crippen molar-refractivity contribution in [1.29, 1.82) is 0 Å². The van der Waals surface area contributed by atoms with Crippen LogP contribution in [0.2, 0.25) is 0 Å². The summed E-state index contributed by atoms with van der Waals surface area (Å²) in [7, 11) is -4.71. The number of benzene rings is 1. The van der Waals surface area contributed by atoms with E-state index in [2.05, 4.69) is 20.8 Å². The molecule has 396 valence electrons. The zero-order valence-corrected chi connectivity index (χ0v) is 53.2. The van der Waals surface area contributed by atoms with Crippen molar-refractivity contribution in [2.45, 2.75) is 334 Å². The summed E-state index contributed by atoms with van der Waals surface area (Å²) < 4.78 is 55.9. The maximum Gasteiger partial charge on any atom is 1.00 e. The van der Waals surface area contributed by atoms with Gasteiger partial charge in [0.25, 0.3) is 0 Å². The van der Waals surface area contributed by atoms with Crippen molar-refractivity contribution in [2.24, 2.45) is 0 Å². The van der Waals surface area contributed by atoms with Crippen LogP contribution < -0.4 is 83.1 Å². The molecule has 0 aliphatic heterocycles. The van der Waals surface area contributed by atoms with Crippen LogP contribution in [0.5, 0.6) is 17.2 Å². The van der Waals surface area contributed by atoms with E-state index in [-0.39, 0.29) is 73.8 Å². The molecule has 0 atom stereocenters. The summed E-state index contributed by atoms with van der Waals surface area (Å²) in [5.41, 5.74) is 0. The molecule has 0 bridgehead atoms. The Morgan fingerprint density at radius 2 is 0.485 bits per heavy atom. The summed E-state index contributed by atoms with van der Waals surface area (Å²) >= 11 is 0. The van der Waals surface area contributed by atoms with Gasteiger partial charge < -0.3 is 18.8 Å². The Morgan fingerprint density at radius 1 is 0.309 bits per heavy atom. The van der Waals surface area contributed by atoms with Crippen LogP contribution >= 0.6 is 0 Å². The minimum absolute atomic E-state index is 0. The maximum absolute atomic E-state index is 12.3. The molecule has 0 amide bonds. The second kappa shape index (κ2) is 53.9. The molecule has 8 heteroatoms. The molecule has 0 saturated heterocycles. The van der Waals surface area contributed by atoms with Crippen molar-refractivity contribution >= 4 is 10.1 Å². The molecule has 0 N–H and O–H groups in total. The Kier molecular flexibility index (Phi) is 54.3. The van der Waals surface area contributed by atoms with Crippen molar-refractivity contribution in [1.82, 2.24) is 0 Å². The Balaban J connectivity index is 0.0000449. The smallest absolute Gasteiger partial charge is 0.744 e. The van der Waals surface area contributed by atoms with Crippen LogP contribution in [0.25, 0.3) is 0 Å². The molecule has 6 nitrogen and oxygen atoms in total. The van der Waals surface area contributed by atoms with Gasteiger partial charge in [-0.2, -0.15) is 0 Å². The van der Waals surface area contributed by atoms with Crippen molar-refractivity contribution in [3.63, 3.8) is 0 Å². The fraction of sp³-hybridized carbons (Fsp3) is 0.900. The van der Waals surface area contributed by atoms with E-state index in [1.54, 1.807) is 0 Å². The Labute approximate surface area is 483 Å². The predicted molar refractivity (Wildman–Crippen MR) is 290 cm³/mol. The monoisotopic (exact) mass is 1090 g/mol. The summed E-state index contributed by atoms with van der Waals surface area (Å²) in [6.45, 7) is 8.26. The van der Waals surface area contributed by atoms with E-state index in [1.165, 1.54) is 282 Å². The second-order valence-corrected chi connectivity index (χ2v) is 22.0. The molecule has 0 aromatic heterocycles. The fourth-order valence-electron chi connectivity index (χ4n) is 9.54. The first-order valence-corrected chi connectivity index (χ1v) is 31.4. The third kappa shape index (κ3) is 45.2. The van der Waals surface area contributed by atoms with E-state index in [9.17, 15) is 13.0 Å². The molecule has 0 aliphatic carbocycles. The van der Waals surface area contributed by atoms with Gasteiger partial charge in [0.1, 0.15) is 10.1 Å². The quantitative estimate of drug-likeness (QED) is 0.0477. The van der Waals surface area contributed by atoms with Crippen LogP contribution in [0.1, 0.15) is 329 Å². The molecule has 0 aliphatic rings. The Bertz CT molecular complexity index is 1220. The van der Waals surface area contributed by atoms with Crippen molar-refractivity contribution in [3.8, 4) is 17.2 Å². The minimum atomic E-state index is -4.71. The fourth-order valence-corrected chi connectivity index (χ4v) is 10.0. The first-order valence-electron chi connectivity index (χ1n) is 30.0. The molecule has 68 heavy (non-hydrogen) atoms. The molecule has 0 fully saturated rings. The van der Waals surface area contributed by atoms with Crippen molar-refractivity contribution < 1.29 is 96.1 Å². The summed E-state index contributed by atoms with van der Waals surface area (Å²) in [6, 6.07) is 2.72. The molecule has 0 spiro atoms. The van der Waals surface area contributed by atoms with Gasteiger partial charge in [-0.3, -0.25) is 0 Å². The van der Waals surface area contributed by atoms with Gasteiger partial charge in [-0.25, -0.2) is 8.42 Å². The van der Waals surface area contributed by atoms with Gasteiger partial charge in [0, 0.05) is 12.1 Å². The van der Waals surface area contributed by atoms with Gasteiger partial charge in [0.05, 0.1) is 24.7 Å². The number of rotatable bonds is 55. The molecule has 1 aromatic carbocycles. The number of ether oxygens (including phenoxy) is 3. The van der Waals surface area contributed by atoms with Gasteiger partial charge in [-0.1, -0.05) is 310 Å². The zero-order valence-electron chi connectivity index (χ0n) is 46.1. The van der Waals surface area contributed by atoms with Crippen LogP contribution in [0.3, 0.4) is 0 Å². The molecule has 0 saturated carbocycles. The SMILES string of the molecule is CCCCCCCCCCCCCCCCCCOc1cc(S(=O)(=O)[O-])cc(OCCCCCCCCCCCCCCCCCC)c1OCCCCCCCCCCCCCCCCCC.[Cs+]. The predicted octanol–water partition coefficient (Wildman–Crippen LogP) is 17.5. The van der Waals surface area contributed by atoms with Crippen molar-refractivity contribution in [3.05, 3.63) is 12.1 Å². The molecule has 1 aromatic rings. The van der Waals surface area contributed by atoms with E-state index in [0.717, 1.165) is 38.5 Å². The average molecular weight is 1100 g/mol. The summed E-state index contributed by atoms with van der Waals surface area (Å²) in [4.78, 5) is -0.314. The van der Waals surface area contributed by atoms with Crippen LogP contribution in [0, 0.1) is 0 Å². The topological polar surface area (TPSA) is 84.9 Å². The van der Waals surface area contributed by atoms with Gasteiger partial charge >= 0.3 is 68.9 Å². The molecule has 0 radical (unpaired) electrons. The minimum Gasteiger partial charge on any atom is -0.744 e. The van der Waals surface area contributed by atoms with Crippen molar-refractivity contribution in [2.75, 3.05) is 19.8 Å². The van der Waals surface area contributed by atoms with E-state index in [0.29, 0.717) is 37.1 Å². The van der Waals surface area contributed by atoms with Crippen LogP contribution in [-0.2, 0) is 10.1 Å². The maximum atomic E-state index is 12.3. The van der Waals surface area contributed by atoms with E-state index < -0.39 is 10.1 Å². The largest absolute Gasteiger partial charge is 1.00 e. The first-order chi connectivity index (χ1) is 32.9. The third-order valence-electron chi connectivity index (χ3n) is 14.0. The molecule has 0 heterocycles. The number of unbranched alkanes of at least 4 members (excludes halogenated alkanes) is 45. The third-order valence-corrected chi connectivity index (χ3v) is 14.9. The van der Waals surface area contributed by atoms with E-state index >= 15 is 0 Å².